The molecule has 1 N–H and O–H groups in total. The molecule has 2 heteroatoms. The van der Waals surface area contributed by atoms with Crippen molar-refractivity contribution in [3.05, 3.63) is 73.7 Å². The van der Waals surface area contributed by atoms with Gasteiger partial charge >= 0.3 is 0 Å². The van der Waals surface area contributed by atoms with Crippen molar-refractivity contribution in [3.8, 4) is 0 Å². The largest absolute Gasteiger partial charge is 0.388 e. The van der Waals surface area contributed by atoms with Crippen molar-refractivity contribution in [2.24, 2.45) is 0 Å². The Bertz CT molecular complexity index is 360. The first-order chi connectivity index (χ1) is 8.33. The molecule has 2 aromatic carbocycles. The van der Waals surface area contributed by atoms with Gasteiger partial charge in [0.1, 0.15) is 0 Å². The number of anilines is 1. The van der Waals surface area contributed by atoms with E-state index in [1.807, 2.05) is 69.4 Å². The molecule has 0 saturated carbocycles. The van der Waals surface area contributed by atoms with E-state index in [4.69, 9.17) is 0 Å². The molecule has 0 aromatic heterocycles. The minimum Gasteiger partial charge on any atom is -0.388 e. The van der Waals surface area contributed by atoms with E-state index in [0.29, 0.717) is 0 Å². The molecule has 0 spiro atoms. The Hall–Kier alpha value is -0.656. The van der Waals surface area contributed by atoms with Crippen molar-refractivity contribution in [2.75, 3.05) is 12.4 Å². The molecule has 1 radical (unpaired) electrons. The third-order valence-electron chi connectivity index (χ3n) is 2.00. The number of hydrogen-bond donors (Lipinski definition) is 1. The van der Waals surface area contributed by atoms with E-state index >= 15 is 0 Å². The van der Waals surface area contributed by atoms with Gasteiger partial charge in [0.25, 0.3) is 0 Å². The summed E-state index contributed by atoms with van der Waals surface area (Å²) < 4.78 is 0. The van der Waals surface area contributed by atoms with Crippen molar-refractivity contribution in [1.82, 2.24) is 0 Å². The summed E-state index contributed by atoms with van der Waals surface area (Å²) in [6, 6.07) is 20.3. The molecule has 0 heterocycles. The first kappa shape index (κ1) is 23.4. The van der Waals surface area contributed by atoms with Crippen LogP contribution in [0.15, 0.2) is 60.7 Å². The van der Waals surface area contributed by atoms with Gasteiger partial charge in [-0.2, -0.15) is 0 Å². The van der Waals surface area contributed by atoms with E-state index in [2.05, 4.69) is 24.4 Å². The van der Waals surface area contributed by atoms with Gasteiger partial charge in [-0.1, -0.05) is 67.9 Å². The van der Waals surface area contributed by atoms with Crippen LogP contribution in [0.25, 0.3) is 0 Å². The van der Waals surface area contributed by atoms with E-state index in [1.165, 1.54) is 5.56 Å². The fourth-order valence-electron chi connectivity index (χ4n) is 1.14. The van der Waals surface area contributed by atoms with Gasteiger partial charge in [-0.25, -0.2) is 0 Å². The Morgan fingerprint density at radius 1 is 0.737 bits per heavy atom. The van der Waals surface area contributed by atoms with Crippen molar-refractivity contribution in [1.29, 1.82) is 0 Å². The second-order valence-corrected chi connectivity index (χ2v) is 3.27. The molecule has 0 fully saturated rings. The van der Waals surface area contributed by atoms with E-state index in [0.717, 1.165) is 5.69 Å². The topological polar surface area (TPSA) is 12.0 Å². The van der Waals surface area contributed by atoms with Crippen LogP contribution < -0.4 is 5.32 Å². The Kier molecular flexibility index (Phi) is 21.4. The first-order valence-corrected chi connectivity index (χ1v) is 6.07. The van der Waals surface area contributed by atoms with Gasteiger partial charge in [-0.15, -0.1) is 0 Å². The molecule has 0 aliphatic heterocycles. The van der Waals surface area contributed by atoms with Crippen LogP contribution >= 0.6 is 0 Å². The molecule has 2 rings (SSSR count). The third kappa shape index (κ3) is 13.6. The Balaban J connectivity index is -0.000000219. The van der Waals surface area contributed by atoms with Crippen molar-refractivity contribution < 1.29 is 32.7 Å². The number of aryl methyl sites for hydroxylation is 1. The molecule has 0 aliphatic rings. The minimum absolute atomic E-state index is 0. The fraction of sp³-hybridized carbons (Fsp3) is 0.235. The monoisotopic (exact) mass is 333 g/mol. The van der Waals surface area contributed by atoms with Gasteiger partial charge in [-0.05, 0) is 19.1 Å². The molecule has 19 heavy (non-hydrogen) atoms. The van der Waals surface area contributed by atoms with Crippen LogP contribution in [0.4, 0.5) is 5.69 Å². The molecule has 103 valence electrons. The average Bonchev–Trinajstić information content (AvgIpc) is 2.43. The molecule has 0 atom stereocenters. The zero-order valence-corrected chi connectivity index (χ0v) is 15.7. The zero-order chi connectivity index (χ0) is 12.9. The maximum absolute atomic E-state index is 3.03. The molecule has 0 aliphatic carbocycles. The Morgan fingerprint density at radius 2 is 1.11 bits per heavy atom. The molecular weight excluding hydrogens is 307 g/mol. The van der Waals surface area contributed by atoms with Crippen molar-refractivity contribution >= 4 is 5.69 Å². The van der Waals surface area contributed by atoms with Gasteiger partial charge < -0.3 is 12.7 Å². The molecule has 0 unspecified atom stereocenters. The number of nitrogens with one attached hydrogen (secondary N) is 1. The van der Waals surface area contributed by atoms with Crippen molar-refractivity contribution in [2.45, 2.75) is 20.8 Å². The molecule has 0 amide bonds. The van der Waals surface area contributed by atoms with Crippen LogP contribution in [0.5, 0.6) is 0 Å². The molecule has 1 nitrogen and oxygen atoms in total. The van der Waals surface area contributed by atoms with Crippen LogP contribution in [0.1, 0.15) is 19.4 Å². The third-order valence-corrected chi connectivity index (χ3v) is 2.00. The van der Waals surface area contributed by atoms with Crippen LogP contribution in [0.2, 0.25) is 0 Å². The summed E-state index contributed by atoms with van der Waals surface area (Å²) in [7, 11) is 1.91. The number of rotatable bonds is 1. The average molecular weight is 333 g/mol. The summed E-state index contributed by atoms with van der Waals surface area (Å²) in [6.45, 7) is 6.08. The minimum atomic E-state index is 0. The van der Waals surface area contributed by atoms with Crippen molar-refractivity contribution in [3.63, 3.8) is 0 Å². The maximum Gasteiger partial charge on any atom is 0.0337 e. The summed E-state index contributed by atoms with van der Waals surface area (Å²) in [5.41, 5.74) is 2.48. The van der Waals surface area contributed by atoms with E-state index < -0.39 is 0 Å². The second-order valence-electron chi connectivity index (χ2n) is 3.27. The number of hydrogen-bond acceptors (Lipinski definition) is 1. The normalized spacial score (nSPS) is 7.16. The summed E-state index contributed by atoms with van der Waals surface area (Å²) in [5.74, 6) is 0. The van der Waals surface area contributed by atoms with Gasteiger partial charge in [0.2, 0.25) is 0 Å². The zero-order valence-electron chi connectivity index (χ0n) is 12.9. The quantitative estimate of drug-likeness (QED) is 0.708. The molecular formula is C17H26NY-. The SMILES string of the molecule is CC.CNc1ccccc1.Cc1ccccc1.[CH3-].[Y]. The van der Waals surface area contributed by atoms with Crippen LogP contribution in [-0.4, -0.2) is 7.05 Å². The van der Waals surface area contributed by atoms with Gasteiger partial charge in [0.05, 0.1) is 0 Å². The molecule has 2 aromatic rings. The van der Waals surface area contributed by atoms with E-state index in [9.17, 15) is 0 Å². The smallest absolute Gasteiger partial charge is 0.0337 e. The fourth-order valence-corrected chi connectivity index (χ4v) is 1.14. The van der Waals surface area contributed by atoms with Gasteiger partial charge in [0.15, 0.2) is 0 Å². The predicted molar refractivity (Wildman–Crippen MR) is 84.9 cm³/mol. The summed E-state index contributed by atoms with van der Waals surface area (Å²) in [5, 5.41) is 3.03. The van der Waals surface area contributed by atoms with Gasteiger partial charge in [-0.3, -0.25) is 0 Å². The molecule has 0 saturated heterocycles. The van der Waals surface area contributed by atoms with Crippen LogP contribution in [-0.2, 0) is 32.7 Å². The van der Waals surface area contributed by atoms with Crippen LogP contribution in [0.3, 0.4) is 0 Å². The summed E-state index contributed by atoms with van der Waals surface area (Å²) in [6.07, 6.45) is 0. The second kappa shape index (κ2) is 17.3. The molecule has 0 bridgehead atoms. The Labute approximate surface area is 144 Å². The van der Waals surface area contributed by atoms with E-state index in [1.54, 1.807) is 0 Å². The van der Waals surface area contributed by atoms with E-state index in [-0.39, 0.29) is 40.1 Å². The number of para-hydroxylation sites is 1. The summed E-state index contributed by atoms with van der Waals surface area (Å²) >= 11 is 0. The summed E-state index contributed by atoms with van der Waals surface area (Å²) in [4.78, 5) is 0. The number of benzene rings is 2. The predicted octanol–water partition coefficient (Wildman–Crippen LogP) is 5.20. The maximum atomic E-state index is 3.03. The standard InChI is InChI=1S/C7H9N.C7H8.C2H6.CH3.Y/c1-8-7-5-3-2-4-6-7;1-7-5-3-2-4-6-7;1-2;;/h2-6,8H,1H3;2-6H,1H3;1-2H3;1H3;/q;;;-1;. The Morgan fingerprint density at radius 3 is 1.32 bits per heavy atom. The van der Waals surface area contributed by atoms with Crippen LogP contribution in [0, 0.1) is 14.4 Å². The first-order valence-electron chi connectivity index (χ1n) is 6.07. The van der Waals surface area contributed by atoms with Gasteiger partial charge in [0, 0.05) is 45.4 Å².